The number of hydrogen-bond donors (Lipinski definition) is 2. The van der Waals surface area contributed by atoms with Crippen molar-refractivity contribution < 1.29 is 14.5 Å². The maximum Gasteiger partial charge on any atom is 0.269 e. The minimum absolute atomic E-state index is 0.0644. The van der Waals surface area contributed by atoms with E-state index in [1.807, 2.05) is 47.8 Å². The number of hydrogen-bond acceptors (Lipinski definition) is 7. The summed E-state index contributed by atoms with van der Waals surface area (Å²) >= 11 is 1.47. The zero-order valence-corrected chi connectivity index (χ0v) is 17.8. The standard InChI is InChI=1S/C23H18N4O4S/c1-31-20-7-3-6-18(13-20)25-23-26-21(14-32-23)16-4-2-5-17(12-16)24-22(28)15-8-10-19(11-9-15)27(29)30/h2-14H,1H3,(H,24,28)(H,25,26). The first-order valence-electron chi connectivity index (χ1n) is 9.55. The largest absolute Gasteiger partial charge is 0.497 e. The molecule has 4 aromatic rings. The summed E-state index contributed by atoms with van der Waals surface area (Å²) in [6.07, 6.45) is 0. The Morgan fingerprint density at radius 3 is 2.53 bits per heavy atom. The Bertz CT molecular complexity index is 1270. The van der Waals surface area contributed by atoms with Crippen molar-refractivity contribution in [1.82, 2.24) is 4.98 Å². The molecule has 0 fully saturated rings. The molecule has 0 spiro atoms. The molecule has 1 heterocycles. The number of anilines is 3. The Morgan fingerprint density at radius 1 is 1.03 bits per heavy atom. The summed E-state index contributed by atoms with van der Waals surface area (Å²) < 4.78 is 5.24. The van der Waals surface area contributed by atoms with Crippen molar-refractivity contribution >= 4 is 39.4 Å². The Kier molecular flexibility index (Phi) is 6.09. The molecule has 32 heavy (non-hydrogen) atoms. The molecule has 0 aliphatic carbocycles. The molecule has 160 valence electrons. The molecule has 0 aliphatic heterocycles. The van der Waals surface area contributed by atoms with Crippen LogP contribution >= 0.6 is 11.3 Å². The second-order valence-electron chi connectivity index (χ2n) is 6.73. The summed E-state index contributed by atoms with van der Waals surface area (Å²) in [6, 6.07) is 20.4. The highest BCUT2D eigenvalue weighted by molar-refractivity contribution is 7.14. The van der Waals surface area contributed by atoms with E-state index in [4.69, 9.17) is 4.74 Å². The molecule has 0 saturated carbocycles. The zero-order chi connectivity index (χ0) is 22.5. The van der Waals surface area contributed by atoms with Gasteiger partial charge in [-0.1, -0.05) is 18.2 Å². The van der Waals surface area contributed by atoms with Crippen LogP contribution < -0.4 is 15.4 Å². The van der Waals surface area contributed by atoms with Crippen LogP contribution in [0.3, 0.4) is 0 Å². The van der Waals surface area contributed by atoms with Crippen LogP contribution in [0.15, 0.2) is 78.2 Å². The first-order chi connectivity index (χ1) is 15.5. The molecule has 0 atom stereocenters. The number of non-ortho nitro benzene ring substituents is 1. The minimum Gasteiger partial charge on any atom is -0.497 e. The number of rotatable bonds is 7. The van der Waals surface area contributed by atoms with E-state index in [0.717, 1.165) is 27.8 Å². The van der Waals surface area contributed by atoms with Gasteiger partial charge in [-0.15, -0.1) is 11.3 Å². The van der Waals surface area contributed by atoms with Gasteiger partial charge in [0.15, 0.2) is 5.13 Å². The lowest BCUT2D eigenvalue weighted by Crippen LogP contribution is -2.11. The predicted molar refractivity (Wildman–Crippen MR) is 125 cm³/mol. The van der Waals surface area contributed by atoms with Crippen LogP contribution in [0.4, 0.5) is 22.2 Å². The highest BCUT2D eigenvalue weighted by Gasteiger charge is 2.11. The third-order valence-electron chi connectivity index (χ3n) is 4.58. The van der Waals surface area contributed by atoms with Crippen LogP contribution in [0.25, 0.3) is 11.3 Å². The Labute approximate surface area is 187 Å². The van der Waals surface area contributed by atoms with Crippen molar-refractivity contribution in [3.8, 4) is 17.0 Å². The first kappa shape index (κ1) is 21.0. The van der Waals surface area contributed by atoms with Crippen molar-refractivity contribution in [3.63, 3.8) is 0 Å². The number of amides is 1. The van der Waals surface area contributed by atoms with E-state index in [9.17, 15) is 14.9 Å². The number of ether oxygens (including phenoxy) is 1. The van der Waals surface area contributed by atoms with Crippen molar-refractivity contribution in [3.05, 3.63) is 93.9 Å². The van der Waals surface area contributed by atoms with Gasteiger partial charge < -0.3 is 15.4 Å². The monoisotopic (exact) mass is 446 g/mol. The van der Waals surface area contributed by atoms with E-state index in [2.05, 4.69) is 15.6 Å². The summed E-state index contributed by atoms with van der Waals surface area (Å²) in [5.74, 6) is 0.402. The van der Waals surface area contributed by atoms with E-state index >= 15 is 0 Å². The average molecular weight is 446 g/mol. The SMILES string of the molecule is COc1cccc(Nc2nc(-c3cccc(NC(=O)c4ccc([N+](=O)[O-])cc4)c3)cs2)c1. The number of thiazole rings is 1. The molecule has 1 amide bonds. The van der Waals surface area contributed by atoms with Gasteiger partial charge in [0.05, 0.1) is 17.7 Å². The number of carbonyl (C=O) groups is 1. The summed E-state index contributed by atoms with van der Waals surface area (Å²) in [7, 11) is 1.62. The van der Waals surface area contributed by atoms with Gasteiger partial charge in [-0.3, -0.25) is 14.9 Å². The number of methoxy groups -OCH3 is 1. The van der Waals surface area contributed by atoms with Crippen LogP contribution in [0, 0.1) is 10.1 Å². The molecule has 0 radical (unpaired) electrons. The number of aromatic nitrogens is 1. The van der Waals surface area contributed by atoms with E-state index in [1.165, 1.54) is 35.6 Å². The van der Waals surface area contributed by atoms with Gasteiger partial charge in [-0.05, 0) is 36.4 Å². The third kappa shape index (κ3) is 4.90. The van der Waals surface area contributed by atoms with Crippen LogP contribution in [-0.2, 0) is 0 Å². The lowest BCUT2D eigenvalue weighted by atomic mass is 10.1. The van der Waals surface area contributed by atoms with Crippen molar-refractivity contribution in [1.29, 1.82) is 0 Å². The predicted octanol–water partition coefficient (Wildman–Crippen LogP) is 5.72. The molecule has 2 N–H and O–H groups in total. The van der Waals surface area contributed by atoms with Gasteiger partial charge in [0, 0.05) is 46.1 Å². The topological polar surface area (TPSA) is 106 Å². The second-order valence-corrected chi connectivity index (χ2v) is 7.59. The molecule has 1 aromatic heterocycles. The van der Waals surface area contributed by atoms with E-state index in [-0.39, 0.29) is 11.6 Å². The second kappa shape index (κ2) is 9.27. The van der Waals surface area contributed by atoms with Crippen LogP contribution in [0.5, 0.6) is 5.75 Å². The number of benzene rings is 3. The van der Waals surface area contributed by atoms with Gasteiger partial charge in [-0.2, -0.15) is 0 Å². The molecular formula is C23H18N4O4S. The summed E-state index contributed by atoms with van der Waals surface area (Å²) in [4.78, 5) is 27.4. The van der Waals surface area contributed by atoms with Crippen molar-refractivity contribution in [2.45, 2.75) is 0 Å². The summed E-state index contributed by atoms with van der Waals surface area (Å²) in [5, 5.41) is 19.5. The van der Waals surface area contributed by atoms with E-state index in [0.29, 0.717) is 11.3 Å². The fourth-order valence-electron chi connectivity index (χ4n) is 2.98. The normalized spacial score (nSPS) is 10.4. The Morgan fingerprint density at radius 2 is 1.78 bits per heavy atom. The first-order valence-corrected chi connectivity index (χ1v) is 10.4. The minimum atomic E-state index is -0.504. The number of nitrogens with one attached hydrogen (secondary N) is 2. The maximum atomic E-state index is 12.5. The summed E-state index contributed by atoms with van der Waals surface area (Å²) in [6.45, 7) is 0. The van der Waals surface area contributed by atoms with Crippen LogP contribution in [0.1, 0.15) is 10.4 Å². The van der Waals surface area contributed by atoms with Crippen molar-refractivity contribution in [2.24, 2.45) is 0 Å². The number of nitro groups is 1. The molecule has 0 saturated heterocycles. The van der Waals surface area contributed by atoms with Gasteiger partial charge >= 0.3 is 0 Å². The molecule has 0 aliphatic rings. The quantitative estimate of drug-likeness (QED) is 0.278. The van der Waals surface area contributed by atoms with E-state index < -0.39 is 4.92 Å². The summed E-state index contributed by atoms with van der Waals surface area (Å²) in [5.41, 5.74) is 3.36. The highest BCUT2D eigenvalue weighted by atomic mass is 32.1. The molecule has 3 aromatic carbocycles. The Hall–Kier alpha value is -4.24. The smallest absolute Gasteiger partial charge is 0.269 e. The lowest BCUT2D eigenvalue weighted by molar-refractivity contribution is -0.384. The fraction of sp³-hybridized carbons (Fsp3) is 0.0435. The number of nitro benzene ring substituents is 1. The number of nitrogens with zero attached hydrogens (tertiary/aromatic N) is 2. The molecule has 9 heteroatoms. The zero-order valence-electron chi connectivity index (χ0n) is 16.9. The van der Waals surface area contributed by atoms with Gasteiger partial charge in [0.25, 0.3) is 11.6 Å². The molecule has 8 nitrogen and oxygen atoms in total. The van der Waals surface area contributed by atoms with Crippen LogP contribution in [-0.4, -0.2) is 22.9 Å². The lowest BCUT2D eigenvalue weighted by Gasteiger charge is -2.07. The highest BCUT2D eigenvalue weighted by Crippen LogP contribution is 2.29. The third-order valence-corrected chi connectivity index (χ3v) is 5.34. The molecule has 4 rings (SSSR count). The Balaban J connectivity index is 1.47. The van der Waals surface area contributed by atoms with E-state index in [1.54, 1.807) is 13.2 Å². The van der Waals surface area contributed by atoms with Crippen molar-refractivity contribution in [2.75, 3.05) is 17.7 Å². The maximum absolute atomic E-state index is 12.5. The van der Waals surface area contributed by atoms with Gasteiger partial charge in [-0.25, -0.2) is 4.98 Å². The van der Waals surface area contributed by atoms with Gasteiger partial charge in [0.2, 0.25) is 0 Å². The van der Waals surface area contributed by atoms with Crippen LogP contribution in [0.2, 0.25) is 0 Å². The number of carbonyl (C=O) groups excluding carboxylic acids is 1. The average Bonchev–Trinajstić information content (AvgIpc) is 3.28. The van der Waals surface area contributed by atoms with Gasteiger partial charge in [0.1, 0.15) is 5.75 Å². The molecule has 0 bridgehead atoms. The molecular weight excluding hydrogens is 428 g/mol. The fourth-order valence-corrected chi connectivity index (χ4v) is 3.72. The molecule has 0 unspecified atom stereocenters.